The molecule has 4 heteroatoms. The zero-order chi connectivity index (χ0) is 14.4. The van der Waals surface area contributed by atoms with Gasteiger partial charge < -0.3 is 15.2 Å². The average molecular weight is 297 g/mol. The van der Waals surface area contributed by atoms with E-state index in [0.29, 0.717) is 31.2 Å². The van der Waals surface area contributed by atoms with Crippen molar-refractivity contribution in [3.05, 3.63) is 22.4 Å². The van der Waals surface area contributed by atoms with Gasteiger partial charge in [-0.25, -0.2) is 0 Å². The van der Waals surface area contributed by atoms with Crippen LogP contribution in [0.3, 0.4) is 0 Å². The number of hydrogen-bond donors (Lipinski definition) is 2. The SMILES string of the molecule is CC1CCCCC1OCC(O)CN[C@@H](C)c1cccs1. The second-order valence-electron chi connectivity index (χ2n) is 5.93. The van der Waals surface area contributed by atoms with Gasteiger partial charge in [0.15, 0.2) is 0 Å². The molecular formula is C16H27NO2S. The van der Waals surface area contributed by atoms with E-state index in [1.165, 1.54) is 24.1 Å². The fourth-order valence-electron chi connectivity index (χ4n) is 2.77. The lowest BCUT2D eigenvalue weighted by molar-refractivity contribution is -0.0455. The maximum atomic E-state index is 10.0. The summed E-state index contributed by atoms with van der Waals surface area (Å²) in [5.41, 5.74) is 0. The first-order chi connectivity index (χ1) is 9.66. The van der Waals surface area contributed by atoms with Crippen LogP contribution in [-0.2, 0) is 4.74 Å². The van der Waals surface area contributed by atoms with E-state index >= 15 is 0 Å². The quantitative estimate of drug-likeness (QED) is 0.811. The lowest BCUT2D eigenvalue weighted by Crippen LogP contribution is -2.35. The number of hydrogen-bond acceptors (Lipinski definition) is 4. The summed E-state index contributed by atoms with van der Waals surface area (Å²) in [5.74, 6) is 0.633. The molecule has 0 saturated heterocycles. The van der Waals surface area contributed by atoms with Crippen LogP contribution in [0, 0.1) is 5.92 Å². The van der Waals surface area contributed by atoms with Gasteiger partial charge in [-0.1, -0.05) is 25.8 Å². The minimum Gasteiger partial charge on any atom is -0.389 e. The Morgan fingerprint density at radius 1 is 1.45 bits per heavy atom. The molecule has 1 aliphatic carbocycles. The van der Waals surface area contributed by atoms with Crippen molar-refractivity contribution in [2.24, 2.45) is 5.92 Å². The monoisotopic (exact) mass is 297 g/mol. The smallest absolute Gasteiger partial charge is 0.0898 e. The van der Waals surface area contributed by atoms with E-state index in [1.807, 2.05) is 0 Å². The van der Waals surface area contributed by atoms with Gasteiger partial charge in [-0.15, -0.1) is 11.3 Å². The number of aliphatic hydroxyl groups is 1. The lowest BCUT2D eigenvalue weighted by atomic mass is 9.88. The molecule has 20 heavy (non-hydrogen) atoms. The van der Waals surface area contributed by atoms with E-state index in [0.717, 1.165) is 6.42 Å². The lowest BCUT2D eigenvalue weighted by Gasteiger charge is -2.29. The molecule has 1 fully saturated rings. The normalized spacial score (nSPS) is 26.4. The van der Waals surface area contributed by atoms with Crippen molar-refractivity contribution in [2.45, 2.75) is 57.8 Å². The highest BCUT2D eigenvalue weighted by Gasteiger charge is 2.22. The number of aliphatic hydroxyl groups excluding tert-OH is 1. The third kappa shape index (κ3) is 4.85. The molecule has 1 heterocycles. The molecule has 1 saturated carbocycles. The average Bonchev–Trinajstić information content (AvgIpc) is 2.98. The molecule has 2 N–H and O–H groups in total. The van der Waals surface area contributed by atoms with Crippen LogP contribution in [0.2, 0.25) is 0 Å². The second-order valence-corrected chi connectivity index (χ2v) is 6.91. The van der Waals surface area contributed by atoms with Crippen molar-refractivity contribution in [2.75, 3.05) is 13.2 Å². The third-order valence-electron chi connectivity index (χ3n) is 4.17. The molecule has 0 spiro atoms. The van der Waals surface area contributed by atoms with Gasteiger partial charge in [0.05, 0.1) is 18.8 Å². The van der Waals surface area contributed by atoms with Gasteiger partial charge in [0.25, 0.3) is 0 Å². The molecule has 3 nitrogen and oxygen atoms in total. The van der Waals surface area contributed by atoms with Crippen LogP contribution in [0.1, 0.15) is 50.4 Å². The van der Waals surface area contributed by atoms with Crippen LogP contribution < -0.4 is 5.32 Å². The first-order valence-corrected chi connectivity index (χ1v) is 8.61. The van der Waals surface area contributed by atoms with Crippen molar-refractivity contribution in [3.63, 3.8) is 0 Å². The van der Waals surface area contributed by atoms with E-state index in [2.05, 4.69) is 36.7 Å². The molecule has 1 aliphatic rings. The molecule has 2 rings (SSSR count). The van der Waals surface area contributed by atoms with Crippen molar-refractivity contribution in [3.8, 4) is 0 Å². The van der Waals surface area contributed by atoms with Crippen molar-refractivity contribution in [1.29, 1.82) is 0 Å². The highest BCUT2D eigenvalue weighted by Crippen LogP contribution is 2.26. The highest BCUT2D eigenvalue weighted by molar-refractivity contribution is 7.10. The molecule has 0 radical (unpaired) electrons. The van der Waals surface area contributed by atoms with Crippen molar-refractivity contribution >= 4 is 11.3 Å². The summed E-state index contributed by atoms with van der Waals surface area (Å²) in [5, 5.41) is 15.5. The number of nitrogens with one attached hydrogen (secondary N) is 1. The van der Waals surface area contributed by atoms with Gasteiger partial charge in [-0.3, -0.25) is 0 Å². The molecule has 1 aromatic rings. The Morgan fingerprint density at radius 2 is 2.25 bits per heavy atom. The molecule has 0 bridgehead atoms. The molecule has 1 aromatic heterocycles. The third-order valence-corrected chi connectivity index (χ3v) is 5.22. The molecular weight excluding hydrogens is 270 g/mol. The topological polar surface area (TPSA) is 41.5 Å². The Kier molecular flexibility index (Phi) is 6.49. The standard InChI is InChI=1S/C16H27NO2S/c1-12-6-3-4-7-15(12)19-11-14(18)10-17-13(2)16-8-5-9-20-16/h5,8-9,12-15,17-18H,3-4,6-7,10-11H2,1-2H3/t12?,13-,14?,15?/m0/s1. The van der Waals surface area contributed by atoms with E-state index in [9.17, 15) is 5.11 Å². The number of ether oxygens (including phenoxy) is 1. The van der Waals surface area contributed by atoms with Crippen LogP contribution in [0.15, 0.2) is 17.5 Å². The van der Waals surface area contributed by atoms with Crippen LogP contribution in [0.5, 0.6) is 0 Å². The summed E-state index contributed by atoms with van der Waals surface area (Å²) in [6.45, 7) is 5.41. The van der Waals surface area contributed by atoms with Crippen molar-refractivity contribution in [1.82, 2.24) is 5.32 Å². The van der Waals surface area contributed by atoms with E-state index < -0.39 is 6.10 Å². The first kappa shape index (κ1) is 16.0. The van der Waals surface area contributed by atoms with Crippen LogP contribution in [0.25, 0.3) is 0 Å². The number of thiophene rings is 1. The summed E-state index contributed by atoms with van der Waals surface area (Å²) in [4.78, 5) is 1.30. The predicted molar refractivity (Wildman–Crippen MR) is 84.1 cm³/mol. The fraction of sp³-hybridized carbons (Fsp3) is 0.750. The largest absolute Gasteiger partial charge is 0.389 e. The summed E-state index contributed by atoms with van der Waals surface area (Å²) in [7, 11) is 0. The minimum absolute atomic E-state index is 0.290. The predicted octanol–water partition coefficient (Wildman–Crippen LogP) is 3.35. The van der Waals surface area contributed by atoms with Gasteiger partial charge in [0, 0.05) is 17.5 Å². The van der Waals surface area contributed by atoms with Gasteiger partial charge in [0.2, 0.25) is 0 Å². The highest BCUT2D eigenvalue weighted by atomic mass is 32.1. The Balaban J connectivity index is 1.63. The second kappa shape index (κ2) is 8.13. The van der Waals surface area contributed by atoms with E-state index in [1.54, 1.807) is 11.3 Å². The Morgan fingerprint density at radius 3 is 2.95 bits per heavy atom. The molecule has 4 atom stereocenters. The molecule has 0 amide bonds. The van der Waals surface area contributed by atoms with Gasteiger partial charge in [-0.2, -0.15) is 0 Å². The van der Waals surface area contributed by atoms with Gasteiger partial charge in [-0.05, 0) is 37.1 Å². The zero-order valence-electron chi connectivity index (χ0n) is 12.5. The van der Waals surface area contributed by atoms with Crippen molar-refractivity contribution < 1.29 is 9.84 Å². The maximum Gasteiger partial charge on any atom is 0.0898 e. The molecule has 0 aromatic carbocycles. The Bertz CT molecular complexity index is 369. The Hall–Kier alpha value is -0.420. The van der Waals surface area contributed by atoms with Gasteiger partial charge in [0.1, 0.15) is 0 Å². The van der Waals surface area contributed by atoms with Gasteiger partial charge >= 0.3 is 0 Å². The summed E-state index contributed by atoms with van der Waals surface area (Å²) < 4.78 is 5.89. The summed E-state index contributed by atoms with van der Waals surface area (Å²) in [6.07, 6.45) is 4.91. The fourth-order valence-corrected chi connectivity index (χ4v) is 3.53. The van der Waals surface area contributed by atoms with E-state index in [-0.39, 0.29) is 0 Å². The van der Waals surface area contributed by atoms with E-state index in [4.69, 9.17) is 4.74 Å². The molecule has 114 valence electrons. The molecule has 3 unspecified atom stereocenters. The summed E-state index contributed by atoms with van der Waals surface area (Å²) in [6, 6.07) is 4.47. The van der Waals surface area contributed by atoms with Crippen LogP contribution in [0.4, 0.5) is 0 Å². The summed E-state index contributed by atoms with van der Waals surface area (Å²) >= 11 is 1.74. The zero-order valence-corrected chi connectivity index (χ0v) is 13.4. The molecule has 0 aliphatic heterocycles. The van der Waals surface area contributed by atoms with Crippen LogP contribution in [-0.4, -0.2) is 30.5 Å². The first-order valence-electron chi connectivity index (χ1n) is 7.73. The van der Waals surface area contributed by atoms with Crippen LogP contribution >= 0.6 is 11.3 Å². The maximum absolute atomic E-state index is 10.0. The Labute approximate surface area is 126 Å². The minimum atomic E-state index is -0.425. The number of rotatable bonds is 7.